The Labute approximate surface area is 189 Å². The number of aryl methyl sites for hydroxylation is 1. The second-order valence-corrected chi connectivity index (χ2v) is 11.7. The van der Waals surface area contributed by atoms with E-state index in [2.05, 4.69) is 23.7 Å². The zero-order valence-electron chi connectivity index (χ0n) is 19.0. The molecule has 4 aliphatic carbocycles. The average molecular weight is 460 g/mol. The van der Waals surface area contributed by atoms with Crippen molar-refractivity contribution < 1.29 is 14.4 Å². The number of fused-ring (bicyclic) bond motifs is 1. The van der Waals surface area contributed by atoms with Crippen LogP contribution in [0.2, 0.25) is 0 Å². The Morgan fingerprint density at radius 1 is 1.19 bits per heavy atom. The summed E-state index contributed by atoms with van der Waals surface area (Å²) < 4.78 is 13.5. The van der Waals surface area contributed by atoms with Gasteiger partial charge in [0.1, 0.15) is 0 Å². The molecule has 4 aliphatic rings. The van der Waals surface area contributed by atoms with Crippen LogP contribution in [0.5, 0.6) is 0 Å². The molecule has 0 amide bonds. The van der Waals surface area contributed by atoms with E-state index >= 15 is 0 Å². The van der Waals surface area contributed by atoms with Gasteiger partial charge in [-0.3, -0.25) is 14.3 Å². The molecule has 1 aromatic heterocycles. The normalized spacial score (nSPS) is 30.0. The van der Waals surface area contributed by atoms with Gasteiger partial charge in [0.25, 0.3) is 5.56 Å². The van der Waals surface area contributed by atoms with E-state index < -0.39 is 18.6 Å². The van der Waals surface area contributed by atoms with Gasteiger partial charge in [-0.2, -0.15) is 0 Å². The average Bonchev–Trinajstić information content (AvgIpc) is 3.14. The molecule has 8 heteroatoms. The largest absolute Gasteiger partial charge is 0.380 e. The smallest absolute Gasteiger partial charge is 0.320 e. The molecule has 4 fully saturated rings. The molecule has 0 radical (unpaired) electrons. The first-order chi connectivity index (χ1) is 15.3. The van der Waals surface area contributed by atoms with Gasteiger partial charge in [0.15, 0.2) is 0 Å². The van der Waals surface area contributed by atoms with Crippen molar-refractivity contribution in [3.8, 4) is 0 Å². The summed E-state index contributed by atoms with van der Waals surface area (Å²) >= 11 is 0. The first-order valence-corrected chi connectivity index (χ1v) is 13.7. The van der Waals surface area contributed by atoms with E-state index in [1.54, 1.807) is 12.1 Å². The third-order valence-electron chi connectivity index (χ3n) is 8.57. The zero-order chi connectivity index (χ0) is 22.7. The Balaban J connectivity index is 1.46. The molecule has 0 saturated heterocycles. The molecule has 2 aromatic rings. The van der Waals surface area contributed by atoms with Crippen LogP contribution in [0.3, 0.4) is 0 Å². The number of nitrogens with zero attached hydrogens (tertiary/aromatic N) is 3. The highest BCUT2D eigenvalue weighted by Gasteiger charge is 2.60. The van der Waals surface area contributed by atoms with E-state index in [-0.39, 0.29) is 0 Å². The van der Waals surface area contributed by atoms with Crippen LogP contribution in [0, 0.1) is 17.8 Å². The summed E-state index contributed by atoms with van der Waals surface area (Å²) in [5, 5.41) is 0. The third-order valence-corrected chi connectivity index (χ3v) is 9.41. The summed E-state index contributed by atoms with van der Waals surface area (Å²) in [5.41, 5.74) is 0.0735. The number of hydrogen-bond acceptors (Lipinski definition) is 4. The van der Waals surface area contributed by atoms with Crippen molar-refractivity contribution in [1.82, 2.24) is 14.5 Å². The first kappa shape index (κ1) is 22.3. The maximum absolute atomic E-state index is 13.1. The topological polar surface area (TPSA) is 95.7 Å². The lowest BCUT2D eigenvalue weighted by Gasteiger charge is -2.47. The molecule has 174 valence electrons. The maximum atomic E-state index is 13.1. The zero-order valence-corrected chi connectivity index (χ0v) is 19.9. The van der Waals surface area contributed by atoms with E-state index in [9.17, 15) is 19.1 Å². The van der Waals surface area contributed by atoms with Crippen LogP contribution < -0.4 is 11.0 Å². The van der Waals surface area contributed by atoms with Crippen LogP contribution >= 0.6 is 7.60 Å². The highest BCUT2D eigenvalue weighted by molar-refractivity contribution is 7.59. The van der Waals surface area contributed by atoms with Gasteiger partial charge in [0.05, 0.1) is 11.0 Å². The number of hydrogen-bond donors (Lipinski definition) is 2. The number of aromatic nitrogens is 2. The predicted molar refractivity (Wildman–Crippen MR) is 125 cm³/mol. The second kappa shape index (κ2) is 8.05. The quantitative estimate of drug-likeness (QED) is 0.589. The minimum Gasteiger partial charge on any atom is -0.320 e. The van der Waals surface area contributed by atoms with Gasteiger partial charge in [-0.1, -0.05) is 26.0 Å². The van der Waals surface area contributed by atoms with Crippen molar-refractivity contribution in [2.24, 2.45) is 17.8 Å². The molecule has 4 bridgehead atoms. The summed E-state index contributed by atoms with van der Waals surface area (Å²) in [4.78, 5) is 39.2. The molecule has 32 heavy (non-hydrogen) atoms. The molecule has 6 rings (SSSR count). The van der Waals surface area contributed by atoms with Crippen molar-refractivity contribution in [3.63, 3.8) is 0 Å². The highest BCUT2D eigenvalue weighted by atomic mass is 31.2. The SMILES string of the molecule is CC[C@H](CCn1c(=O)c(P(=O)(O)O)nc2ccccc21)N(CC)C12CC3CC(CC1C3)C2. The lowest BCUT2D eigenvalue weighted by molar-refractivity contribution is 0.0147. The fourth-order valence-corrected chi connectivity index (χ4v) is 8.22. The molecule has 7 nitrogen and oxygen atoms in total. The Kier molecular flexibility index (Phi) is 5.60. The molecular weight excluding hydrogens is 425 g/mol. The van der Waals surface area contributed by atoms with E-state index in [4.69, 9.17) is 0 Å². The molecule has 4 saturated carbocycles. The van der Waals surface area contributed by atoms with Gasteiger partial charge in [0, 0.05) is 18.1 Å². The van der Waals surface area contributed by atoms with Gasteiger partial charge in [-0.25, -0.2) is 4.98 Å². The van der Waals surface area contributed by atoms with Gasteiger partial charge in [0.2, 0.25) is 5.44 Å². The van der Waals surface area contributed by atoms with Crippen LogP contribution in [0.15, 0.2) is 29.1 Å². The minimum absolute atomic E-state index is 0.325. The monoisotopic (exact) mass is 459 g/mol. The number of para-hydroxylation sites is 2. The highest BCUT2D eigenvalue weighted by Crippen LogP contribution is 2.63. The summed E-state index contributed by atoms with van der Waals surface area (Å²) in [6.45, 7) is 5.92. The van der Waals surface area contributed by atoms with Crippen LogP contribution in [0.25, 0.3) is 11.0 Å². The van der Waals surface area contributed by atoms with Crippen molar-refractivity contribution in [1.29, 1.82) is 0 Å². The molecular formula is C24H34N3O4P. The predicted octanol–water partition coefficient (Wildman–Crippen LogP) is 3.27. The van der Waals surface area contributed by atoms with E-state index in [1.165, 1.54) is 36.7 Å². The summed E-state index contributed by atoms with van der Waals surface area (Å²) in [7, 11) is -4.76. The molecule has 2 N–H and O–H groups in total. The van der Waals surface area contributed by atoms with E-state index in [0.717, 1.165) is 37.1 Å². The summed E-state index contributed by atoms with van der Waals surface area (Å²) in [6.07, 6.45) is 8.59. The maximum Gasteiger partial charge on any atom is 0.380 e. The summed E-state index contributed by atoms with van der Waals surface area (Å²) in [5.74, 6) is 2.58. The van der Waals surface area contributed by atoms with Crippen molar-refractivity contribution in [3.05, 3.63) is 34.6 Å². The van der Waals surface area contributed by atoms with Gasteiger partial charge in [-0.15, -0.1) is 0 Å². The Morgan fingerprint density at radius 3 is 2.50 bits per heavy atom. The van der Waals surface area contributed by atoms with Crippen LogP contribution in [0.1, 0.15) is 58.8 Å². The summed E-state index contributed by atoms with van der Waals surface area (Å²) in [6, 6.07) is 7.45. The lowest BCUT2D eigenvalue weighted by atomic mass is 9.79. The van der Waals surface area contributed by atoms with Crippen molar-refractivity contribution in [2.75, 3.05) is 6.54 Å². The van der Waals surface area contributed by atoms with Crippen molar-refractivity contribution in [2.45, 2.75) is 76.9 Å². The van der Waals surface area contributed by atoms with Crippen LogP contribution in [-0.2, 0) is 11.1 Å². The lowest BCUT2D eigenvalue weighted by Crippen LogP contribution is -2.54. The fourth-order valence-electron chi connectivity index (χ4n) is 7.61. The molecule has 2 unspecified atom stereocenters. The number of benzene rings is 1. The molecule has 0 spiro atoms. The number of rotatable bonds is 8. The van der Waals surface area contributed by atoms with Crippen molar-refractivity contribution >= 4 is 24.1 Å². The minimum atomic E-state index is -4.76. The Morgan fingerprint density at radius 2 is 1.88 bits per heavy atom. The Hall–Kier alpha value is -1.53. The Bertz CT molecular complexity index is 1110. The van der Waals surface area contributed by atoms with Crippen LogP contribution in [-0.4, -0.2) is 42.4 Å². The first-order valence-electron chi connectivity index (χ1n) is 12.1. The van der Waals surface area contributed by atoms with Gasteiger partial charge < -0.3 is 14.4 Å². The van der Waals surface area contributed by atoms with Gasteiger partial charge >= 0.3 is 7.60 Å². The molecule has 1 heterocycles. The molecule has 3 atom stereocenters. The molecule has 0 aliphatic heterocycles. The third kappa shape index (κ3) is 3.49. The molecule has 1 aromatic carbocycles. The van der Waals surface area contributed by atoms with Crippen LogP contribution in [0.4, 0.5) is 0 Å². The van der Waals surface area contributed by atoms with Gasteiger partial charge in [-0.05, 0) is 81.4 Å². The van der Waals surface area contributed by atoms with E-state index in [1.807, 2.05) is 12.1 Å². The fraction of sp³-hybridized carbons (Fsp3) is 0.667. The van der Waals surface area contributed by atoms with E-state index in [0.29, 0.717) is 29.2 Å². The second-order valence-electron chi connectivity index (χ2n) is 10.2. The standard InChI is InChI=1S/C24H34N3O4P/c1-3-19(27(4-2)24-14-16-11-17(15-24)13-18(24)12-16)9-10-26-21-8-6-5-7-20(21)25-22(23(26)28)32(29,30)31/h5-8,16-19H,3-4,9-15H2,1-2H3,(H2,29,30,31)/t16?,17?,18?,19-,24?/m1/s1.